The molecule has 23 heavy (non-hydrogen) atoms. The van der Waals surface area contributed by atoms with Gasteiger partial charge in [0.1, 0.15) is 12.2 Å². The average Bonchev–Trinajstić information content (AvgIpc) is 2.52. The van der Waals surface area contributed by atoms with E-state index in [2.05, 4.69) is 30.3 Å². The molecule has 0 saturated heterocycles. The number of hydrogen-bond acceptors (Lipinski definition) is 4. The van der Waals surface area contributed by atoms with Crippen LogP contribution >= 0.6 is 0 Å². The van der Waals surface area contributed by atoms with E-state index in [1.807, 2.05) is 6.08 Å². The molecule has 0 amide bonds. The van der Waals surface area contributed by atoms with E-state index in [-0.39, 0.29) is 5.97 Å². The van der Waals surface area contributed by atoms with Crippen molar-refractivity contribution in [3.63, 3.8) is 0 Å². The van der Waals surface area contributed by atoms with Crippen LogP contribution in [0, 0.1) is 23.7 Å². The lowest BCUT2D eigenvalue weighted by Gasteiger charge is -2.01. The molecule has 0 aromatic rings. The minimum Gasteiger partial charge on any atom is -0.466 e. The Labute approximate surface area is 139 Å². The van der Waals surface area contributed by atoms with Crippen molar-refractivity contribution in [3.05, 3.63) is 24.8 Å². The molecular weight excluding hydrogens is 292 g/mol. The van der Waals surface area contributed by atoms with Crippen LogP contribution in [0.2, 0.25) is 0 Å². The molecular formula is C19H26O4. The Morgan fingerprint density at radius 3 is 2.35 bits per heavy atom. The van der Waals surface area contributed by atoms with E-state index >= 15 is 0 Å². The molecule has 0 aliphatic carbocycles. The maximum Gasteiger partial charge on any atom is 0.302 e. The summed E-state index contributed by atoms with van der Waals surface area (Å²) < 4.78 is 4.85. The van der Waals surface area contributed by atoms with E-state index in [0.29, 0.717) is 6.61 Å². The highest BCUT2D eigenvalue weighted by molar-refractivity contribution is 5.65. The first-order valence-electron chi connectivity index (χ1n) is 7.86. The van der Waals surface area contributed by atoms with E-state index in [1.54, 1.807) is 6.08 Å². The summed E-state index contributed by atoms with van der Waals surface area (Å²) in [6.45, 7) is 5.31. The zero-order chi connectivity index (χ0) is 17.3. The Balaban J connectivity index is 3.62. The van der Waals surface area contributed by atoms with Gasteiger partial charge >= 0.3 is 5.97 Å². The van der Waals surface area contributed by atoms with Crippen molar-refractivity contribution in [1.82, 2.24) is 0 Å². The van der Waals surface area contributed by atoms with Crippen LogP contribution in [-0.4, -0.2) is 35.0 Å². The predicted octanol–water partition coefficient (Wildman–Crippen LogP) is 2.36. The molecule has 0 aliphatic heterocycles. The first-order chi connectivity index (χ1) is 11.1. The topological polar surface area (TPSA) is 66.8 Å². The van der Waals surface area contributed by atoms with E-state index in [9.17, 15) is 9.90 Å². The lowest BCUT2D eigenvalue weighted by Crippen LogP contribution is -2.00. The number of aliphatic hydroxyl groups is 2. The number of unbranched alkanes of at least 4 members (excludes halogenated alkanes) is 5. The number of allylic oxidation sites excluding steroid dienone is 1. The summed E-state index contributed by atoms with van der Waals surface area (Å²) in [5.41, 5.74) is 0. The van der Waals surface area contributed by atoms with Gasteiger partial charge in [-0.3, -0.25) is 4.79 Å². The number of carbonyl (C=O) groups excluding carboxylic acids is 1. The van der Waals surface area contributed by atoms with Gasteiger partial charge in [0.25, 0.3) is 0 Å². The number of esters is 1. The smallest absolute Gasteiger partial charge is 0.302 e. The van der Waals surface area contributed by atoms with Gasteiger partial charge in [0, 0.05) is 6.92 Å². The highest BCUT2D eigenvalue weighted by Crippen LogP contribution is 2.06. The van der Waals surface area contributed by atoms with Crippen LogP contribution in [0.15, 0.2) is 24.8 Å². The third-order valence-corrected chi connectivity index (χ3v) is 2.86. The van der Waals surface area contributed by atoms with Gasteiger partial charge in [-0.1, -0.05) is 49.8 Å². The van der Waals surface area contributed by atoms with Crippen molar-refractivity contribution in [2.75, 3.05) is 6.61 Å². The predicted molar refractivity (Wildman–Crippen MR) is 91.2 cm³/mol. The minimum absolute atomic E-state index is 0.223. The van der Waals surface area contributed by atoms with Crippen LogP contribution in [-0.2, 0) is 9.53 Å². The fourth-order valence-electron chi connectivity index (χ4n) is 1.66. The monoisotopic (exact) mass is 318 g/mol. The summed E-state index contributed by atoms with van der Waals surface area (Å²) in [4.78, 5) is 10.6. The van der Waals surface area contributed by atoms with Gasteiger partial charge in [0.15, 0.2) is 0 Å². The number of rotatable bonds is 10. The highest BCUT2D eigenvalue weighted by atomic mass is 16.5. The van der Waals surface area contributed by atoms with Crippen LogP contribution in [0.3, 0.4) is 0 Å². The van der Waals surface area contributed by atoms with Crippen LogP contribution in [0.25, 0.3) is 0 Å². The third-order valence-electron chi connectivity index (χ3n) is 2.86. The summed E-state index contributed by atoms with van der Waals surface area (Å²) in [5.74, 6) is 9.72. The number of carbonyl (C=O) groups is 1. The zero-order valence-corrected chi connectivity index (χ0v) is 13.8. The van der Waals surface area contributed by atoms with Crippen molar-refractivity contribution < 1.29 is 19.7 Å². The van der Waals surface area contributed by atoms with Crippen LogP contribution in [0.5, 0.6) is 0 Å². The molecule has 4 heteroatoms. The minimum atomic E-state index is -0.883. The molecule has 0 radical (unpaired) electrons. The molecule has 0 unspecified atom stereocenters. The molecule has 2 atom stereocenters. The Bertz CT molecular complexity index is 485. The van der Waals surface area contributed by atoms with E-state index < -0.39 is 12.2 Å². The summed E-state index contributed by atoms with van der Waals surface area (Å²) in [6, 6.07) is 0. The fourth-order valence-corrected chi connectivity index (χ4v) is 1.66. The Morgan fingerprint density at radius 2 is 1.70 bits per heavy atom. The maximum atomic E-state index is 10.6. The normalized spacial score (nSPS) is 12.5. The van der Waals surface area contributed by atoms with Gasteiger partial charge in [0.05, 0.1) is 6.61 Å². The quantitative estimate of drug-likeness (QED) is 0.281. The largest absolute Gasteiger partial charge is 0.466 e. The molecule has 0 bridgehead atoms. The fraction of sp³-hybridized carbons (Fsp3) is 0.526. The van der Waals surface area contributed by atoms with Gasteiger partial charge < -0.3 is 14.9 Å². The van der Waals surface area contributed by atoms with Crippen molar-refractivity contribution >= 4 is 5.97 Å². The van der Waals surface area contributed by atoms with E-state index in [0.717, 1.165) is 38.5 Å². The van der Waals surface area contributed by atoms with Crippen molar-refractivity contribution in [3.8, 4) is 23.7 Å². The molecule has 126 valence electrons. The lowest BCUT2D eigenvalue weighted by molar-refractivity contribution is -0.141. The molecule has 0 aromatic heterocycles. The first kappa shape index (κ1) is 21.0. The van der Waals surface area contributed by atoms with Gasteiger partial charge in [-0.2, -0.15) is 0 Å². The SMILES string of the molecule is C=C[C@@H](O)C#CC#C[C@@H](O)/C=C\CCCCCCCOC(C)=O. The van der Waals surface area contributed by atoms with Crippen LogP contribution in [0.4, 0.5) is 0 Å². The lowest BCUT2D eigenvalue weighted by atomic mass is 10.1. The highest BCUT2D eigenvalue weighted by Gasteiger charge is 1.94. The van der Waals surface area contributed by atoms with Gasteiger partial charge in [-0.05, 0) is 37.2 Å². The molecule has 0 fully saturated rings. The van der Waals surface area contributed by atoms with Crippen molar-refractivity contribution in [2.24, 2.45) is 0 Å². The zero-order valence-electron chi connectivity index (χ0n) is 13.8. The van der Waals surface area contributed by atoms with E-state index in [1.165, 1.54) is 13.0 Å². The number of ether oxygens (including phenoxy) is 1. The standard InChI is InChI=1S/C19H26O4/c1-3-18(21)13-10-11-15-19(22)14-9-7-5-4-6-8-12-16-23-17(2)20/h3,9,14,18-19,21-22H,1,4-8,12,16H2,2H3/b14-9-/t18-,19+/m1/s1. The van der Waals surface area contributed by atoms with E-state index in [4.69, 9.17) is 9.84 Å². The van der Waals surface area contributed by atoms with Gasteiger partial charge in [0.2, 0.25) is 0 Å². The second-order valence-electron chi connectivity index (χ2n) is 4.99. The summed E-state index contributed by atoms with van der Waals surface area (Å²) in [5, 5.41) is 18.6. The summed E-state index contributed by atoms with van der Waals surface area (Å²) >= 11 is 0. The molecule has 0 spiro atoms. The maximum absolute atomic E-state index is 10.6. The van der Waals surface area contributed by atoms with Crippen LogP contribution < -0.4 is 0 Å². The van der Waals surface area contributed by atoms with Crippen molar-refractivity contribution in [2.45, 2.75) is 57.7 Å². The molecule has 0 heterocycles. The second kappa shape index (κ2) is 14.9. The molecule has 2 N–H and O–H groups in total. The number of hydrogen-bond donors (Lipinski definition) is 2. The Morgan fingerprint density at radius 1 is 1.09 bits per heavy atom. The van der Waals surface area contributed by atoms with Crippen LogP contribution in [0.1, 0.15) is 45.4 Å². The van der Waals surface area contributed by atoms with Gasteiger partial charge in [-0.15, -0.1) is 0 Å². The molecule has 0 saturated carbocycles. The summed E-state index contributed by atoms with van der Waals surface area (Å²) in [7, 11) is 0. The second-order valence-corrected chi connectivity index (χ2v) is 4.99. The number of aliphatic hydroxyl groups excluding tert-OH is 2. The molecule has 0 aliphatic rings. The third kappa shape index (κ3) is 16.2. The Hall–Kier alpha value is -2.01. The average molecular weight is 318 g/mol. The van der Waals surface area contributed by atoms with Gasteiger partial charge in [-0.25, -0.2) is 0 Å². The first-order valence-corrected chi connectivity index (χ1v) is 7.86. The summed E-state index contributed by atoms with van der Waals surface area (Å²) in [6.07, 6.45) is 9.26. The molecule has 0 rings (SSSR count). The molecule has 0 aromatic carbocycles. The van der Waals surface area contributed by atoms with Crippen molar-refractivity contribution in [1.29, 1.82) is 0 Å². The molecule has 4 nitrogen and oxygen atoms in total. The Kier molecular flexibility index (Phi) is 13.6.